The molecule has 0 aliphatic rings. The highest BCUT2D eigenvalue weighted by Crippen LogP contribution is 2.21. The monoisotopic (exact) mass is 375 g/mol. The number of aromatic nitrogens is 4. The van der Waals surface area contributed by atoms with Gasteiger partial charge in [0.15, 0.2) is 11.6 Å². The lowest BCUT2D eigenvalue weighted by atomic mass is 10.1. The number of aliphatic imine (C=N–C) groups is 1. The largest absolute Gasteiger partial charge is 0.358 e. The van der Waals surface area contributed by atoms with Gasteiger partial charge in [-0.05, 0) is 37.1 Å². The molecule has 0 saturated carbocycles. The number of hydrogen-bond donors (Lipinski definition) is 3. The zero-order chi connectivity index (χ0) is 19.3. The molecule has 0 radical (unpaired) electrons. The maximum Gasteiger partial charge on any atom is 0.191 e. The Morgan fingerprint density at radius 1 is 1.04 bits per heavy atom. The summed E-state index contributed by atoms with van der Waals surface area (Å²) in [6, 6.07) is 14.3. The fraction of sp³-hybridized carbons (Fsp3) is 0.286. The molecule has 0 unspecified atom stereocenters. The van der Waals surface area contributed by atoms with E-state index in [-0.39, 0.29) is 0 Å². The minimum Gasteiger partial charge on any atom is -0.358 e. The zero-order valence-electron chi connectivity index (χ0n) is 16.2. The number of benzene rings is 1. The van der Waals surface area contributed by atoms with Crippen molar-refractivity contribution in [3.05, 3.63) is 65.7 Å². The van der Waals surface area contributed by atoms with E-state index in [9.17, 15) is 0 Å². The fourth-order valence-corrected chi connectivity index (χ4v) is 3.54. The van der Waals surface area contributed by atoms with Gasteiger partial charge in [-0.2, -0.15) is 0 Å². The summed E-state index contributed by atoms with van der Waals surface area (Å²) in [6.45, 7) is 3.68. The van der Waals surface area contributed by atoms with Gasteiger partial charge in [0, 0.05) is 49.4 Å². The Morgan fingerprint density at radius 2 is 1.82 bits per heavy atom. The van der Waals surface area contributed by atoms with E-state index < -0.39 is 0 Å². The number of fused-ring (bicyclic) bond motifs is 2. The molecule has 144 valence electrons. The Morgan fingerprint density at radius 3 is 2.68 bits per heavy atom. The molecule has 3 aromatic heterocycles. The molecule has 1 aromatic carbocycles. The lowest BCUT2D eigenvalue weighted by molar-refractivity contribution is 0.756. The molecule has 4 aromatic rings. The molecule has 28 heavy (non-hydrogen) atoms. The predicted molar refractivity (Wildman–Crippen MR) is 113 cm³/mol. The smallest absolute Gasteiger partial charge is 0.191 e. The van der Waals surface area contributed by atoms with Crippen LogP contribution in [0.3, 0.4) is 0 Å². The first-order chi connectivity index (χ1) is 13.8. The van der Waals surface area contributed by atoms with Gasteiger partial charge in [-0.3, -0.25) is 9.39 Å². The maximum atomic E-state index is 4.32. The average Bonchev–Trinajstić information content (AvgIpc) is 3.27. The van der Waals surface area contributed by atoms with Crippen molar-refractivity contribution in [2.24, 2.45) is 4.99 Å². The standard InChI is InChI=1S/C21H25N7/c1-15-16(17-7-3-4-8-18(17)25-15)10-12-23-21(22-2)24-13-11-20-27-26-19-9-5-6-14-28(19)20/h3-9,14,25H,10-13H2,1-2H3,(H2,22,23,24). The number of rotatable bonds is 6. The summed E-state index contributed by atoms with van der Waals surface area (Å²) in [5.74, 6) is 1.74. The van der Waals surface area contributed by atoms with Crippen LogP contribution in [0.25, 0.3) is 16.6 Å². The van der Waals surface area contributed by atoms with Crippen LogP contribution in [-0.4, -0.2) is 45.7 Å². The molecule has 0 saturated heterocycles. The van der Waals surface area contributed by atoms with Gasteiger partial charge in [-0.25, -0.2) is 0 Å². The highest BCUT2D eigenvalue weighted by molar-refractivity contribution is 5.84. The highest BCUT2D eigenvalue weighted by atomic mass is 15.2. The number of hydrogen-bond acceptors (Lipinski definition) is 3. The van der Waals surface area contributed by atoms with Crippen LogP contribution in [0, 0.1) is 6.92 Å². The second-order valence-electron chi connectivity index (χ2n) is 6.74. The van der Waals surface area contributed by atoms with Crippen molar-refractivity contribution in [2.45, 2.75) is 19.8 Å². The van der Waals surface area contributed by atoms with Crippen LogP contribution in [0.4, 0.5) is 0 Å². The molecule has 0 atom stereocenters. The Balaban J connectivity index is 1.30. The lowest BCUT2D eigenvalue weighted by Crippen LogP contribution is -2.39. The third kappa shape index (κ3) is 3.69. The molecular formula is C21H25N7. The third-order valence-corrected chi connectivity index (χ3v) is 4.94. The van der Waals surface area contributed by atoms with Crippen molar-refractivity contribution >= 4 is 22.5 Å². The van der Waals surface area contributed by atoms with Gasteiger partial charge in [-0.1, -0.05) is 24.3 Å². The minimum absolute atomic E-state index is 0.738. The molecule has 0 bridgehead atoms. The van der Waals surface area contributed by atoms with Gasteiger partial charge in [0.05, 0.1) is 0 Å². The van der Waals surface area contributed by atoms with Crippen LogP contribution in [0.15, 0.2) is 53.7 Å². The number of guanidine groups is 1. The van der Waals surface area contributed by atoms with Gasteiger partial charge >= 0.3 is 0 Å². The third-order valence-electron chi connectivity index (χ3n) is 4.94. The van der Waals surface area contributed by atoms with Crippen LogP contribution in [0.1, 0.15) is 17.1 Å². The van der Waals surface area contributed by atoms with Gasteiger partial charge in [0.1, 0.15) is 5.82 Å². The number of pyridine rings is 1. The topological polar surface area (TPSA) is 82.4 Å². The summed E-state index contributed by atoms with van der Waals surface area (Å²) in [6.07, 6.45) is 3.69. The second-order valence-corrected chi connectivity index (χ2v) is 6.74. The molecule has 0 fully saturated rings. The molecule has 3 heterocycles. The van der Waals surface area contributed by atoms with Crippen molar-refractivity contribution in [3.8, 4) is 0 Å². The van der Waals surface area contributed by atoms with Crippen LogP contribution in [-0.2, 0) is 12.8 Å². The lowest BCUT2D eigenvalue weighted by Gasteiger charge is -2.11. The minimum atomic E-state index is 0.738. The number of H-pyrrole nitrogens is 1. The molecule has 3 N–H and O–H groups in total. The SMILES string of the molecule is CN=C(NCCc1c(C)[nH]c2ccccc12)NCCc1nnc2ccccn12. The van der Waals surface area contributed by atoms with Gasteiger partial charge in [0.25, 0.3) is 0 Å². The molecule has 0 aliphatic carbocycles. The average molecular weight is 375 g/mol. The molecular weight excluding hydrogens is 350 g/mol. The highest BCUT2D eigenvalue weighted by Gasteiger charge is 2.08. The number of aromatic amines is 1. The second kappa shape index (κ2) is 8.12. The van der Waals surface area contributed by atoms with E-state index in [2.05, 4.69) is 62.0 Å². The van der Waals surface area contributed by atoms with Crippen molar-refractivity contribution < 1.29 is 0 Å². The van der Waals surface area contributed by atoms with Gasteiger partial charge < -0.3 is 15.6 Å². The van der Waals surface area contributed by atoms with Crippen LogP contribution < -0.4 is 10.6 Å². The van der Waals surface area contributed by atoms with E-state index in [1.54, 1.807) is 7.05 Å². The van der Waals surface area contributed by atoms with Crippen LogP contribution in [0.2, 0.25) is 0 Å². The molecule has 0 amide bonds. The number of para-hydroxylation sites is 1. The van der Waals surface area contributed by atoms with Crippen molar-refractivity contribution in [1.29, 1.82) is 0 Å². The molecule has 7 heteroatoms. The number of nitrogens with zero attached hydrogens (tertiary/aromatic N) is 4. The van der Waals surface area contributed by atoms with Crippen molar-refractivity contribution in [1.82, 2.24) is 30.2 Å². The van der Waals surface area contributed by atoms with E-state index in [0.29, 0.717) is 0 Å². The predicted octanol–water partition coefficient (Wildman–Crippen LogP) is 2.47. The van der Waals surface area contributed by atoms with Gasteiger partial charge in [0.2, 0.25) is 0 Å². The summed E-state index contributed by atoms with van der Waals surface area (Å²) >= 11 is 0. The van der Waals surface area contributed by atoms with Crippen LogP contribution in [0.5, 0.6) is 0 Å². The molecule has 0 spiro atoms. The van der Waals surface area contributed by atoms with Gasteiger partial charge in [-0.15, -0.1) is 10.2 Å². The van der Waals surface area contributed by atoms with E-state index in [1.807, 2.05) is 28.8 Å². The quantitative estimate of drug-likeness (QED) is 0.357. The molecule has 0 aliphatic heterocycles. The first-order valence-corrected chi connectivity index (χ1v) is 9.55. The Hall–Kier alpha value is -3.35. The number of nitrogens with one attached hydrogen (secondary N) is 3. The molecule has 7 nitrogen and oxygen atoms in total. The van der Waals surface area contributed by atoms with E-state index in [0.717, 1.165) is 43.4 Å². The first kappa shape index (κ1) is 18.0. The summed E-state index contributed by atoms with van der Waals surface area (Å²) in [5.41, 5.74) is 4.64. The van der Waals surface area contributed by atoms with Crippen LogP contribution >= 0.6 is 0 Å². The molecule has 4 rings (SSSR count). The zero-order valence-corrected chi connectivity index (χ0v) is 16.2. The Bertz CT molecular complexity index is 1110. The van der Waals surface area contributed by atoms with E-state index in [1.165, 1.54) is 22.2 Å². The van der Waals surface area contributed by atoms with E-state index >= 15 is 0 Å². The van der Waals surface area contributed by atoms with E-state index in [4.69, 9.17) is 0 Å². The summed E-state index contributed by atoms with van der Waals surface area (Å²) in [5, 5.41) is 16.5. The first-order valence-electron chi connectivity index (χ1n) is 9.55. The Kier molecular flexibility index (Phi) is 5.23. The maximum absolute atomic E-state index is 4.32. The summed E-state index contributed by atoms with van der Waals surface area (Å²) in [4.78, 5) is 7.77. The normalized spacial score (nSPS) is 12.0. The van der Waals surface area contributed by atoms with Crippen molar-refractivity contribution in [3.63, 3.8) is 0 Å². The Labute approximate surface area is 163 Å². The number of aryl methyl sites for hydroxylation is 1. The summed E-state index contributed by atoms with van der Waals surface area (Å²) in [7, 11) is 1.79. The fourth-order valence-electron chi connectivity index (χ4n) is 3.54. The summed E-state index contributed by atoms with van der Waals surface area (Å²) < 4.78 is 2.01. The van der Waals surface area contributed by atoms with Crippen molar-refractivity contribution in [2.75, 3.05) is 20.1 Å².